The number of sulfonamides is 1. The molecule has 0 aliphatic carbocycles. The molecule has 1 atom stereocenters. The minimum absolute atomic E-state index is 0.0310. The number of anilines is 1. The van der Waals surface area contributed by atoms with Crippen LogP contribution in [-0.4, -0.2) is 58.5 Å². The Kier molecular flexibility index (Phi) is 11.0. The highest BCUT2D eigenvalue weighted by Crippen LogP contribution is 2.34. The number of aryl methyl sites for hydroxylation is 2. The summed E-state index contributed by atoms with van der Waals surface area (Å²) >= 11 is 0. The number of ether oxygens (including phenoxy) is 2. The van der Waals surface area contributed by atoms with E-state index in [0.29, 0.717) is 18.0 Å². The predicted octanol–water partition coefficient (Wildman–Crippen LogP) is 4.71. The number of methoxy groups -OCH3 is 2. The Morgan fingerprint density at radius 1 is 0.833 bits per heavy atom. The highest BCUT2D eigenvalue weighted by molar-refractivity contribution is 7.92. The molecule has 0 aromatic heterocycles. The van der Waals surface area contributed by atoms with Gasteiger partial charge >= 0.3 is 0 Å². The second-order valence-electron chi connectivity index (χ2n) is 10.7. The van der Waals surface area contributed by atoms with E-state index in [1.165, 1.54) is 37.3 Å². The Bertz CT molecular complexity index is 1470. The van der Waals surface area contributed by atoms with Crippen LogP contribution in [0, 0.1) is 19.8 Å². The van der Waals surface area contributed by atoms with E-state index in [-0.39, 0.29) is 29.0 Å². The van der Waals surface area contributed by atoms with Crippen molar-refractivity contribution in [2.75, 3.05) is 31.6 Å². The average Bonchev–Trinajstić information content (AvgIpc) is 2.97. The average molecular weight is 596 g/mol. The molecule has 0 fully saturated rings. The molecule has 3 aromatic carbocycles. The first-order chi connectivity index (χ1) is 19.9. The van der Waals surface area contributed by atoms with E-state index in [4.69, 9.17) is 9.47 Å². The van der Waals surface area contributed by atoms with Crippen LogP contribution in [0.5, 0.6) is 11.5 Å². The minimum Gasteiger partial charge on any atom is -0.493 e. The number of benzene rings is 3. The van der Waals surface area contributed by atoms with Gasteiger partial charge in [0.2, 0.25) is 11.8 Å². The van der Waals surface area contributed by atoms with Crippen LogP contribution in [0.25, 0.3) is 0 Å². The summed E-state index contributed by atoms with van der Waals surface area (Å²) in [7, 11) is -1.27. The van der Waals surface area contributed by atoms with Gasteiger partial charge in [-0.05, 0) is 56.5 Å². The molecule has 42 heavy (non-hydrogen) atoms. The predicted molar refractivity (Wildman–Crippen MR) is 164 cm³/mol. The second kappa shape index (κ2) is 14.2. The lowest BCUT2D eigenvalue weighted by Gasteiger charge is -2.32. The van der Waals surface area contributed by atoms with Gasteiger partial charge in [-0.2, -0.15) is 0 Å². The van der Waals surface area contributed by atoms with Crippen molar-refractivity contribution in [3.63, 3.8) is 0 Å². The smallest absolute Gasteiger partial charge is 0.264 e. The van der Waals surface area contributed by atoms with Crippen LogP contribution >= 0.6 is 0 Å². The molecule has 2 amide bonds. The van der Waals surface area contributed by atoms with Gasteiger partial charge in [-0.15, -0.1) is 0 Å². The first-order valence-corrected chi connectivity index (χ1v) is 15.3. The van der Waals surface area contributed by atoms with E-state index in [0.717, 1.165) is 21.0 Å². The number of hydrogen-bond acceptors (Lipinski definition) is 6. The number of hydrogen-bond donors (Lipinski definition) is 1. The molecular weight excluding hydrogens is 554 g/mol. The molecule has 0 saturated heterocycles. The van der Waals surface area contributed by atoms with Crippen LogP contribution in [0.15, 0.2) is 71.6 Å². The molecular formula is C32H41N3O6S. The fourth-order valence-corrected chi connectivity index (χ4v) is 5.68. The van der Waals surface area contributed by atoms with Crippen molar-refractivity contribution in [1.29, 1.82) is 0 Å². The standard InChI is InChI=1S/C32H41N3O6S/c1-22(2)19-33-32(37)25(5)34(20-26-12-8-23(3)9-13-26)31(36)21-35(27-14-17-29(40-6)30(18-27)41-7)42(38,39)28-15-10-24(4)11-16-28/h8-18,22,25H,19-21H2,1-7H3,(H,33,37)/t25-/m0/s1. The summed E-state index contributed by atoms with van der Waals surface area (Å²) in [5.74, 6) is 0.0975. The van der Waals surface area contributed by atoms with E-state index in [2.05, 4.69) is 5.32 Å². The number of carbonyl (C=O) groups is 2. The van der Waals surface area contributed by atoms with Gasteiger partial charge in [-0.25, -0.2) is 8.42 Å². The van der Waals surface area contributed by atoms with Crippen molar-refractivity contribution < 1.29 is 27.5 Å². The summed E-state index contributed by atoms with van der Waals surface area (Å²) in [5.41, 5.74) is 2.99. The van der Waals surface area contributed by atoms with Gasteiger partial charge in [0, 0.05) is 19.2 Å². The molecule has 226 valence electrons. The third-order valence-electron chi connectivity index (χ3n) is 6.87. The van der Waals surface area contributed by atoms with E-state index in [1.807, 2.05) is 52.0 Å². The zero-order valence-electron chi connectivity index (χ0n) is 25.4. The van der Waals surface area contributed by atoms with Gasteiger partial charge in [-0.1, -0.05) is 61.4 Å². The summed E-state index contributed by atoms with van der Waals surface area (Å²) in [6.45, 7) is 9.48. The lowest BCUT2D eigenvalue weighted by molar-refractivity contribution is -0.139. The number of nitrogens with zero attached hydrogens (tertiary/aromatic N) is 2. The zero-order valence-corrected chi connectivity index (χ0v) is 26.2. The molecule has 10 heteroatoms. The van der Waals surface area contributed by atoms with Gasteiger partial charge in [0.15, 0.2) is 11.5 Å². The zero-order chi connectivity index (χ0) is 31.0. The maximum absolute atomic E-state index is 14.1. The van der Waals surface area contributed by atoms with Crippen LogP contribution < -0.4 is 19.1 Å². The Balaban J connectivity index is 2.07. The lowest BCUT2D eigenvalue weighted by atomic mass is 10.1. The van der Waals surface area contributed by atoms with Gasteiger partial charge in [0.05, 0.1) is 24.8 Å². The molecule has 3 rings (SSSR count). The SMILES string of the molecule is COc1ccc(N(CC(=O)N(Cc2ccc(C)cc2)[C@@H](C)C(=O)NCC(C)C)S(=O)(=O)c2ccc(C)cc2)cc1OC. The molecule has 0 heterocycles. The van der Waals surface area contributed by atoms with Gasteiger partial charge in [-0.3, -0.25) is 13.9 Å². The molecule has 9 nitrogen and oxygen atoms in total. The Hall–Kier alpha value is -4.05. The largest absolute Gasteiger partial charge is 0.493 e. The van der Waals surface area contributed by atoms with Crippen molar-refractivity contribution in [3.05, 3.63) is 83.4 Å². The lowest BCUT2D eigenvalue weighted by Crippen LogP contribution is -2.51. The molecule has 0 aliphatic rings. The first-order valence-electron chi connectivity index (χ1n) is 13.8. The topological polar surface area (TPSA) is 105 Å². The number of amides is 2. The fourth-order valence-electron chi connectivity index (χ4n) is 4.27. The second-order valence-corrected chi connectivity index (χ2v) is 12.5. The molecule has 0 unspecified atom stereocenters. The first kappa shape index (κ1) is 32.5. The van der Waals surface area contributed by atoms with E-state index < -0.39 is 28.5 Å². The van der Waals surface area contributed by atoms with Crippen molar-refractivity contribution in [2.45, 2.75) is 52.1 Å². The van der Waals surface area contributed by atoms with Crippen molar-refractivity contribution in [2.24, 2.45) is 5.92 Å². The molecule has 0 saturated carbocycles. The van der Waals surface area contributed by atoms with E-state index in [9.17, 15) is 18.0 Å². The van der Waals surface area contributed by atoms with Gasteiger partial charge in [0.1, 0.15) is 12.6 Å². The van der Waals surface area contributed by atoms with Gasteiger partial charge < -0.3 is 19.7 Å². The Morgan fingerprint density at radius 2 is 1.40 bits per heavy atom. The van der Waals surface area contributed by atoms with Crippen LogP contribution in [0.4, 0.5) is 5.69 Å². The maximum atomic E-state index is 14.1. The molecule has 3 aromatic rings. The maximum Gasteiger partial charge on any atom is 0.264 e. The Morgan fingerprint density at radius 3 is 1.95 bits per heavy atom. The quantitative estimate of drug-likeness (QED) is 0.307. The van der Waals surface area contributed by atoms with Crippen LogP contribution in [-0.2, 0) is 26.2 Å². The molecule has 0 bridgehead atoms. The summed E-state index contributed by atoms with van der Waals surface area (Å²) in [4.78, 5) is 28.7. The number of carbonyl (C=O) groups excluding carboxylic acids is 2. The monoisotopic (exact) mass is 595 g/mol. The molecule has 0 aliphatic heterocycles. The van der Waals surface area contributed by atoms with Crippen LogP contribution in [0.3, 0.4) is 0 Å². The third kappa shape index (κ3) is 8.03. The molecule has 0 radical (unpaired) electrons. The van der Waals surface area contributed by atoms with E-state index >= 15 is 0 Å². The highest BCUT2D eigenvalue weighted by atomic mass is 32.2. The molecule has 0 spiro atoms. The Labute approximate surface area is 249 Å². The third-order valence-corrected chi connectivity index (χ3v) is 8.66. The van der Waals surface area contributed by atoms with Crippen molar-refractivity contribution in [3.8, 4) is 11.5 Å². The number of nitrogens with one attached hydrogen (secondary N) is 1. The minimum atomic E-state index is -4.20. The summed E-state index contributed by atoms with van der Waals surface area (Å²) in [6, 6.07) is 17.9. The van der Waals surface area contributed by atoms with Crippen LogP contribution in [0.2, 0.25) is 0 Å². The fraction of sp³-hybridized carbons (Fsp3) is 0.375. The normalized spacial score (nSPS) is 12.0. The van der Waals surface area contributed by atoms with E-state index in [1.54, 1.807) is 31.2 Å². The highest BCUT2D eigenvalue weighted by Gasteiger charge is 2.33. The summed E-state index contributed by atoms with van der Waals surface area (Å²) in [6.07, 6.45) is 0. The summed E-state index contributed by atoms with van der Waals surface area (Å²) < 4.78 is 39.9. The summed E-state index contributed by atoms with van der Waals surface area (Å²) in [5, 5.41) is 2.89. The van der Waals surface area contributed by atoms with Crippen molar-refractivity contribution in [1.82, 2.24) is 10.2 Å². The molecule has 1 N–H and O–H groups in total. The van der Waals surface area contributed by atoms with Gasteiger partial charge in [0.25, 0.3) is 10.0 Å². The number of rotatable bonds is 13. The van der Waals surface area contributed by atoms with Crippen LogP contribution in [0.1, 0.15) is 37.5 Å². The van der Waals surface area contributed by atoms with Crippen molar-refractivity contribution >= 4 is 27.5 Å².